The maximum atomic E-state index is 13.2. The zero-order valence-electron chi connectivity index (χ0n) is 18.2. The van der Waals surface area contributed by atoms with E-state index in [4.69, 9.17) is 14.2 Å². The molecule has 3 rings (SSSR count). The van der Waals surface area contributed by atoms with Gasteiger partial charge in [-0.1, -0.05) is 6.07 Å². The molecule has 1 heterocycles. The summed E-state index contributed by atoms with van der Waals surface area (Å²) in [6.45, 7) is 2.39. The molecular formula is C22H28N2O6S. The lowest BCUT2D eigenvalue weighted by atomic mass is 9.98. The summed E-state index contributed by atoms with van der Waals surface area (Å²) in [6, 6.07) is 10.0. The maximum Gasteiger partial charge on any atom is 0.243 e. The molecule has 1 saturated heterocycles. The van der Waals surface area contributed by atoms with Crippen molar-refractivity contribution in [1.82, 2.24) is 4.31 Å². The van der Waals surface area contributed by atoms with Gasteiger partial charge in [-0.15, -0.1) is 0 Å². The smallest absolute Gasteiger partial charge is 0.243 e. The topological polar surface area (TPSA) is 94.2 Å². The van der Waals surface area contributed by atoms with Gasteiger partial charge in [-0.2, -0.15) is 4.31 Å². The quantitative estimate of drug-likeness (QED) is 0.700. The molecule has 1 amide bonds. The first-order valence-electron chi connectivity index (χ1n) is 9.97. The highest BCUT2D eigenvalue weighted by Gasteiger charge is 2.34. The Morgan fingerprint density at radius 2 is 1.68 bits per heavy atom. The molecule has 1 aliphatic heterocycles. The summed E-state index contributed by atoms with van der Waals surface area (Å²) in [5, 5.41) is 2.90. The second-order valence-corrected chi connectivity index (χ2v) is 9.35. The minimum atomic E-state index is -3.79. The first-order chi connectivity index (χ1) is 14.8. The van der Waals surface area contributed by atoms with E-state index in [0.717, 1.165) is 5.56 Å². The van der Waals surface area contributed by atoms with Gasteiger partial charge in [-0.3, -0.25) is 4.79 Å². The number of hydrogen-bond acceptors (Lipinski definition) is 6. The van der Waals surface area contributed by atoms with E-state index in [9.17, 15) is 13.2 Å². The summed E-state index contributed by atoms with van der Waals surface area (Å²) in [6.07, 6.45) is 1.20. The van der Waals surface area contributed by atoms with Gasteiger partial charge >= 0.3 is 0 Å². The van der Waals surface area contributed by atoms with Crippen molar-refractivity contribution in [2.45, 2.75) is 24.7 Å². The number of nitrogens with zero attached hydrogens (tertiary/aromatic N) is 1. The predicted octanol–water partition coefficient (Wildman–Crippen LogP) is 3.06. The lowest BCUT2D eigenvalue weighted by molar-refractivity contribution is -0.120. The molecule has 0 spiro atoms. The molecule has 0 aromatic heterocycles. The number of carbonyl (C=O) groups excluding carboxylic acids is 1. The van der Waals surface area contributed by atoms with Crippen LogP contribution in [0.25, 0.3) is 0 Å². The van der Waals surface area contributed by atoms with Crippen molar-refractivity contribution in [3.05, 3.63) is 42.0 Å². The molecule has 8 nitrogen and oxygen atoms in total. The van der Waals surface area contributed by atoms with E-state index >= 15 is 0 Å². The molecule has 1 atom stereocenters. The molecule has 1 aliphatic rings. The number of methoxy groups -OCH3 is 3. The number of anilines is 1. The zero-order valence-corrected chi connectivity index (χ0v) is 19.0. The van der Waals surface area contributed by atoms with Crippen LogP contribution in [0.5, 0.6) is 17.2 Å². The van der Waals surface area contributed by atoms with Crippen molar-refractivity contribution < 1.29 is 27.4 Å². The monoisotopic (exact) mass is 448 g/mol. The molecule has 0 radical (unpaired) electrons. The van der Waals surface area contributed by atoms with Crippen molar-refractivity contribution in [3.63, 3.8) is 0 Å². The Labute approximate surface area is 183 Å². The standard InChI is InChI=1S/C22H28N2O6S/c1-15-7-9-19(28-2)18(12-15)23-22(25)16-6-5-11-24(14-16)31(26,27)17-8-10-20(29-3)21(13-17)30-4/h7-10,12-13,16H,5-6,11,14H2,1-4H3,(H,23,25)/t16-/m1/s1. The summed E-state index contributed by atoms with van der Waals surface area (Å²) in [7, 11) is 0.697. The Balaban J connectivity index is 1.78. The van der Waals surface area contributed by atoms with Crippen molar-refractivity contribution in [1.29, 1.82) is 0 Å². The van der Waals surface area contributed by atoms with Crippen molar-refractivity contribution in [2.24, 2.45) is 5.92 Å². The number of benzene rings is 2. The summed E-state index contributed by atoms with van der Waals surface area (Å²) in [5.41, 5.74) is 1.56. The van der Waals surface area contributed by atoms with Gasteiger partial charge in [0.2, 0.25) is 15.9 Å². The van der Waals surface area contributed by atoms with Gasteiger partial charge in [0.25, 0.3) is 0 Å². The van der Waals surface area contributed by atoms with Crippen molar-refractivity contribution >= 4 is 21.6 Å². The van der Waals surface area contributed by atoms with E-state index < -0.39 is 15.9 Å². The number of nitrogens with one attached hydrogen (secondary N) is 1. The third kappa shape index (κ3) is 4.94. The number of aryl methyl sites for hydroxylation is 1. The third-order valence-corrected chi connectivity index (χ3v) is 7.22. The van der Waals surface area contributed by atoms with Crippen LogP contribution < -0.4 is 19.5 Å². The second-order valence-electron chi connectivity index (χ2n) is 7.41. The van der Waals surface area contributed by atoms with Crippen LogP contribution in [0.3, 0.4) is 0 Å². The van der Waals surface area contributed by atoms with Crippen molar-refractivity contribution in [3.8, 4) is 17.2 Å². The van der Waals surface area contributed by atoms with Crippen LogP contribution in [0.1, 0.15) is 18.4 Å². The number of hydrogen-bond donors (Lipinski definition) is 1. The number of ether oxygens (including phenoxy) is 3. The molecule has 0 aliphatic carbocycles. The minimum absolute atomic E-state index is 0.103. The van der Waals surface area contributed by atoms with Crippen molar-refractivity contribution in [2.75, 3.05) is 39.7 Å². The number of amides is 1. The van der Waals surface area contributed by atoms with Gasteiger partial charge in [0.05, 0.1) is 37.8 Å². The first-order valence-corrected chi connectivity index (χ1v) is 11.4. The fourth-order valence-corrected chi connectivity index (χ4v) is 5.19. The van der Waals surface area contributed by atoms with E-state index in [1.54, 1.807) is 19.2 Å². The highest BCUT2D eigenvalue weighted by atomic mass is 32.2. The molecule has 9 heteroatoms. The molecule has 31 heavy (non-hydrogen) atoms. The number of sulfonamides is 1. The minimum Gasteiger partial charge on any atom is -0.495 e. The van der Waals surface area contributed by atoms with Gasteiger partial charge < -0.3 is 19.5 Å². The summed E-state index contributed by atoms with van der Waals surface area (Å²) in [5.74, 6) is 0.653. The molecule has 1 N–H and O–H groups in total. The Morgan fingerprint density at radius 3 is 2.35 bits per heavy atom. The van der Waals surface area contributed by atoms with Gasteiger partial charge in [0.15, 0.2) is 11.5 Å². The average Bonchev–Trinajstić information content (AvgIpc) is 2.78. The lowest BCUT2D eigenvalue weighted by Crippen LogP contribution is -2.43. The maximum absolute atomic E-state index is 13.2. The van der Waals surface area contributed by atoms with Gasteiger partial charge in [0.1, 0.15) is 5.75 Å². The third-order valence-electron chi connectivity index (χ3n) is 5.36. The van der Waals surface area contributed by atoms with E-state index in [1.807, 2.05) is 19.1 Å². The predicted molar refractivity (Wildman–Crippen MR) is 117 cm³/mol. The van der Waals surface area contributed by atoms with E-state index in [-0.39, 0.29) is 17.3 Å². The Hall–Kier alpha value is -2.78. The van der Waals surface area contributed by atoms with Gasteiger partial charge in [-0.05, 0) is 49.6 Å². The Morgan fingerprint density at radius 1 is 1.00 bits per heavy atom. The largest absolute Gasteiger partial charge is 0.495 e. The normalized spacial score (nSPS) is 17.1. The highest BCUT2D eigenvalue weighted by molar-refractivity contribution is 7.89. The lowest BCUT2D eigenvalue weighted by Gasteiger charge is -2.31. The number of carbonyl (C=O) groups is 1. The molecule has 2 aromatic rings. The van der Waals surface area contributed by atoms with Gasteiger partial charge in [-0.25, -0.2) is 8.42 Å². The summed E-state index contributed by atoms with van der Waals surface area (Å²) in [4.78, 5) is 13.0. The SMILES string of the molecule is COc1ccc(C)cc1NC(=O)[C@@H]1CCCN(S(=O)(=O)c2ccc(OC)c(OC)c2)C1. The average molecular weight is 449 g/mol. The van der Waals surface area contributed by atoms with Crippen LogP contribution in [0, 0.1) is 12.8 Å². The first kappa shape index (κ1) is 22.9. The zero-order chi connectivity index (χ0) is 22.6. The van der Waals surface area contributed by atoms with E-state index in [2.05, 4.69) is 5.32 Å². The Bertz CT molecular complexity index is 1050. The fraction of sp³-hybridized carbons (Fsp3) is 0.409. The van der Waals surface area contributed by atoms with Crippen LogP contribution >= 0.6 is 0 Å². The molecule has 0 saturated carbocycles. The molecule has 0 unspecified atom stereocenters. The van der Waals surface area contributed by atoms with Gasteiger partial charge in [0, 0.05) is 19.2 Å². The van der Waals surface area contributed by atoms with Crippen LogP contribution in [0.4, 0.5) is 5.69 Å². The molecule has 0 bridgehead atoms. The molecule has 2 aromatic carbocycles. The Kier molecular flexibility index (Phi) is 7.07. The van der Waals surface area contributed by atoms with Crippen LogP contribution in [0.2, 0.25) is 0 Å². The van der Waals surface area contributed by atoms with Crippen LogP contribution in [-0.2, 0) is 14.8 Å². The van der Waals surface area contributed by atoms with Crippen LogP contribution in [-0.4, -0.2) is 53.0 Å². The second kappa shape index (κ2) is 9.57. The molecular weight excluding hydrogens is 420 g/mol. The summed E-state index contributed by atoms with van der Waals surface area (Å²) < 4.78 is 43.5. The summed E-state index contributed by atoms with van der Waals surface area (Å²) >= 11 is 0. The molecule has 1 fully saturated rings. The van der Waals surface area contributed by atoms with E-state index in [1.165, 1.54) is 30.7 Å². The highest BCUT2D eigenvalue weighted by Crippen LogP contribution is 2.32. The van der Waals surface area contributed by atoms with Crippen LogP contribution in [0.15, 0.2) is 41.3 Å². The van der Waals surface area contributed by atoms with E-state index in [0.29, 0.717) is 42.3 Å². The number of piperidine rings is 1. The number of rotatable bonds is 7. The molecule has 168 valence electrons. The fourth-order valence-electron chi connectivity index (χ4n) is 3.66.